The average Bonchev–Trinajstić information content (AvgIpc) is 3.04. The zero-order valence-corrected chi connectivity index (χ0v) is 15.6. The number of hydrogen-bond acceptors (Lipinski definition) is 5. The van der Waals surface area contributed by atoms with Gasteiger partial charge in [0.25, 0.3) is 0 Å². The van der Waals surface area contributed by atoms with Crippen LogP contribution in [0.25, 0.3) is 5.65 Å². The predicted octanol–water partition coefficient (Wildman–Crippen LogP) is 5.25. The van der Waals surface area contributed by atoms with E-state index >= 15 is 0 Å². The van der Waals surface area contributed by atoms with Gasteiger partial charge in [-0.05, 0) is 55.3 Å². The van der Waals surface area contributed by atoms with Crippen LogP contribution in [0, 0.1) is 13.8 Å². The Bertz CT molecular complexity index is 1160. The van der Waals surface area contributed by atoms with Crippen molar-refractivity contribution in [1.82, 2.24) is 19.6 Å². The van der Waals surface area contributed by atoms with Crippen LogP contribution in [0.4, 0.5) is 36.3 Å². The summed E-state index contributed by atoms with van der Waals surface area (Å²) in [5, 5.41) is 10.3. The highest BCUT2D eigenvalue weighted by Crippen LogP contribution is 2.31. The molecule has 0 atom stereocenters. The van der Waals surface area contributed by atoms with Crippen LogP contribution in [0.15, 0.2) is 54.9 Å². The first-order valence-electron chi connectivity index (χ1n) is 8.79. The average molecular weight is 398 g/mol. The Kier molecular flexibility index (Phi) is 4.57. The Morgan fingerprint density at radius 1 is 0.931 bits per heavy atom. The number of fused-ring (bicyclic) bond motifs is 1. The lowest BCUT2D eigenvalue weighted by Crippen LogP contribution is -2.05. The summed E-state index contributed by atoms with van der Waals surface area (Å²) in [6.45, 7) is 4.00. The second kappa shape index (κ2) is 7.08. The van der Waals surface area contributed by atoms with E-state index in [-0.39, 0.29) is 11.6 Å². The maximum atomic E-state index is 12.9. The van der Waals surface area contributed by atoms with Gasteiger partial charge in [0.1, 0.15) is 0 Å². The highest BCUT2D eigenvalue weighted by atomic mass is 19.4. The van der Waals surface area contributed by atoms with Gasteiger partial charge in [-0.1, -0.05) is 12.1 Å². The largest absolute Gasteiger partial charge is 0.416 e. The molecule has 0 amide bonds. The summed E-state index contributed by atoms with van der Waals surface area (Å²) in [5.74, 6) is 0.655. The molecule has 0 unspecified atom stereocenters. The normalized spacial score (nSPS) is 11.6. The van der Waals surface area contributed by atoms with Crippen molar-refractivity contribution in [2.75, 3.05) is 10.6 Å². The molecule has 29 heavy (non-hydrogen) atoms. The van der Waals surface area contributed by atoms with E-state index in [1.165, 1.54) is 16.6 Å². The monoisotopic (exact) mass is 398 g/mol. The van der Waals surface area contributed by atoms with Gasteiger partial charge < -0.3 is 10.6 Å². The van der Waals surface area contributed by atoms with Gasteiger partial charge in [-0.25, -0.2) is 9.50 Å². The molecule has 6 nitrogen and oxygen atoms in total. The van der Waals surface area contributed by atoms with Crippen molar-refractivity contribution < 1.29 is 13.2 Å². The Morgan fingerprint density at radius 2 is 1.69 bits per heavy atom. The van der Waals surface area contributed by atoms with E-state index in [2.05, 4.69) is 31.8 Å². The molecule has 0 saturated carbocycles. The van der Waals surface area contributed by atoms with Crippen molar-refractivity contribution >= 4 is 28.8 Å². The van der Waals surface area contributed by atoms with E-state index in [4.69, 9.17) is 0 Å². The second-order valence-electron chi connectivity index (χ2n) is 6.68. The Labute approximate surface area is 164 Å². The minimum atomic E-state index is -4.42. The molecule has 2 heterocycles. The van der Waals surface area contributed by atoms with Gasteiger partial charge in [0.05, 0.1) is 5.56 Å². The van der Waals surface area contributed by atoms with Crippen LogP contribution in [0.5, 0.6) is 0 Å². The Balaban J connectivity index is 1.64. The summed E-state index contributed by atoms with van der Waals surface area (Å²) in [6.07, 6.45) is -1.23. The molecule has 148 valence electrons. The lowest BCUT2D eigenvalue weighted by atomic mass is 10.1. The molecule has 0 fully saturated rings. The zero-order chi connectivity index (χ0) is 20.6. The van der Waals surface area contributed by atoms with Crippen LogP contribution in [-0.4, -0.2) is 19.6 Å². The molecular formula is C20H17F3N6. The lowest BCUT2D eigenvalue weighted by Gasteiger charge is -2.08. The van der Waals surface area contributed by atoms with Crippen LogP contribution in [0.1, 0.15) is 16.7 Å². The number of rotatable bonds is 4. The second-order valence-corrected chi connectivity index (χ2v) is 6.68. The SMILES string of the molecule is Cc1cc(C)cc(Nc2nccn3nc(Nc4cccc(C(F)(F)F)c4)nc23)c1. The van der Waals surface area contributed by atoms with Crippen LogP contribution in [0.2, 0.25) is 0 Å². The number of nitrogens with zero attached hydrogens (tertiary/aromatic N) is 4. The molecule has 0 aliphatic heterocycles. The van der Waals surface area contributed by atoms with E-state index < -0.39 is 11.7 Å². The van der Waals surface area contributed by atoms with Crippen molar-refractivity contribution in [3.8, 4) is 0 Å². The van der Waals surface area contributed by atoms with E-state index in [1.54, 1.807) is 12.4 Å². The molecule has 4 rings (SSSR count). The van der Waals surface area contributed by atoms with Gasteiger partial charge in [-0.3, -0.25) is 0 Å². The summed E-state index contributed by atoms with van der Waals surface area (Å²) in [7, 11) is 0. The maximum absolute atomic E-state index is 12.9. The van der Waals surface area contributed by atoms with Gasteiger partial charge in [-0.2, -0.15) is 18.2 Å². The number of benzene rings is 2. The first-order valence-corrected chi connectivity index (χ1v) is 8.79. The van der Waals surface area contributed by atoms with Gasteiger partial charge in [0.2, 0.25) is 11.6 Å². The fourth-order valence-corrected chi connectivity index (χ4v) is 3.04. The standard InChI is InChI=1S/C20H17F3N6/c1-12-8-13(2)10-16(9-12)25-17-18-27-19(28-29(18)7-6-24-17)26-15-5-3-4-14(11-15)20(21,22)23/h3-11H,1-2H3,(H,24,25)(H,26,28). The fraction of sp³-hybridized carbons (Fsp3) is 0.150. The van der Waals surface area contributed by atoms with Crippen LogP contribution in [-0.2, 0) is 6.18 Å². The maximum Gasteiger partial charge on any atom is 0.416 e. The number of anilines is 4. The molecule has 0 aliphatic rings. The Morgan fingerprint density at radius 3 is 2.41 bits per heavy atom. The number of aromatic nitrogens is 4. The van der Waals surface area contributed by atoms with E-state index in [1.807, 2.05) is 26.0 Å². The fourth-order valence-electron chi connectivity index (χ4n) is 3.04. The molecule has 2 aromatic heterocycles. The Hall–Kier alpha value is -3.62. The minimum absolute atomic E-state index is 0.167. The van der Waals surface area contributed by atoms with Gasteiger partial charge >= 0.3 is 6.18 Å². The van der Waals surface area contributed by atoms with Gasteiger partial charge in [-0.15, -0.1) is 5.10 Å². The summed E-state index contributed by atoms with van der Waals surface area (Å²) in [5.41, 5.74) is 3.01. The number of alkyl halides is 3. The number of halogens is 3. The van der Waals surface area contributed by atoms with E-state index in [9.17, 15) is 13.2 Å². The number of nitrogens with one attached hydrogen (secondary N) is 2. The molecule has 0 bridgehead atoms. The minimum Gasteiger partial charge on any atom is -0.337 e. The highest BCUT2D eigenvalue weighted by Gasteiger charge is 2.30. The van der Waals surface area contributed by atoms with Crippen molar-refractivity contribution in [1.29, 1.82) is 0 Å². The van der Waals surface area contributed by atoms with Gasteiger partial charge in [0.15, 0.2) is 5.82 Å². The highest BCUT2D eigenvalue weighted by molar-refractivity contribution is 5.71. The number of hydrogen-bond donors (Lipinski definition) is 2. The molecule has 0 spiro atoms. The molecule has 2 aromatic carbocycles. The molecular weight excluding hydrogens is 381 g/mol. The van der Waals surface area contributed by atoms with Crippen molar-refractivity contribution in [2.45, 2.75) is 20.0 Å². The first-order chi connectivity index (χ1) is 13.8. The summed E-state index contributed by atoms with van der Waals surface area (Å²) < 4.78 is 40.2. The topological polar surface area (TPSA) is 67.1 Å². The zero-order valence-electron chi connectivity index (χ0n) is 15.6. The van der Waals surface area contributed by atoms with Crippen LogP contribution < -0.4 is 10.6 Å². The number of aryl methyl sites for hydroxylation is 2. The molecule has 2 N–H and O–H groups in total. The van der Waals surface area contributed by atoms with E-state index in [0.717, 1.165) is 28.9 Å². The molecule has 4 aromatic rings. The summed E-state index contributed by atoms with van der Waals surface area (Å²) in [6, 6.07) is 10.9. The first kappa shape index (κ1) is 18.7. The third-order valence-electron chi connectivity index (χ3n) is 4.19. The quantitative estimate of drug-likeness (QED) is 0.492. The molecule has 0 saturated heterocycles. The summed E-state index contributed by atoms with van der Waals surface area (Å²) in [4.78, 5) is 8.69. The van der Waals surface area contributed by atoms with Gasteiger partial charge in [0, 0.05) is 23.8 Å². The van der Waals surface area contributed by atoms with Crippen LogP contribution in [0.3, 0.4) is 0 Å². The third kappa shape index (κ3) is 4.13. The van der Waals surface area contributed by atoms with E-state index in [0.29, 0.717) is 11.5 Å². The summed E-state index contributed by atoms with van der Waals surface area (Å²) >= 11 is 0. The van der Waals surface area contributed by atoms with Crippen molar-refractivity contribution in [2.24, 2.45) is 0 Å². The molecule has 0 aliphatic carbocycles. The smallest absolute Gasteiger partial charge is 0.337 e. The molecule has 9 heteroatoms. The predicted molar refractivity (Wildman–Crippen MR) is 105 cm³/mol. The lowest BCUT2D eigenvalue weighted by molar-refractivity contribution is -0.137. The van der Waals surface area contributed by atoms with Crippen molar-refractivity contribution in [3.63, 3.8) is 0 Å². The molecule has 0 radical (unpaired) electrons. The van der Waals surface area contributed by atoms with Crippen LogP contribution >= 0.6 is 0 Å². The van der Waals surface area contributed by atoms with Crippen molar-refractivity contribution in [3.05, 3.63) is 71.5 Å². The third-order valence-corrected chi connectivity index (χ3v) is 4.19.